The summed E-state index contributed by atoms with van der Waals surface area (Å²) in [5.41, 5.74) is 9.81. The maximum atomic E-state index is 2.45. The Morgan fingerprint density at radius 2 is 0.710 bits per heavy atom. The predicted molar refractivity (Wildman–Crippen MR) is 130 cm³/mol. The van der Waals surface area contributed by atoms with Crippen LogP contribution in [0.1, 0.15) is 71.9 Å². The predicted octanol–water partition coefficient (Wildman–Crippen LogP) is 7.72. The molecule has 0 aromatic heterocycles. The molecule has 31 heavy (non-hydrogen) atoms. The Balaban J connectivity index is 1.54. The van der Waals surface area contributed by atoms with E-state index in [0.29, 0.717) is 16.2 Å². The molecule has 0 heteroatoms. The van der Waals surface area contributed by atoms with Crippen molar-refractivity contribution in [3.63, 3.8) is 0 Å². The first-order valence-electron chi connectivity index (χ1n) is 12.1. The monoisotopic (exact) mass is 406 g/mol. The molecule has 0 nitrogen and oxygen atoms in total. The Bertz CT molecular complexity index is 946. The van der Waals surface area contributed by atoms with Crippen molar-refractivity contribution in [2.75, 3.05) is 0 Å². The molecule has 0 unspecified atom stereocenters. The van der Waals surface area contributed by atoms with Crippen LogP contribution in [0.3, 0.4) is 0 Å². The fourth-order valence-electron chi connectivity index (χ4n) is 8.13. The minimum absolute atomic E-state index is 0.308. The standard InChI is InChI=1S/C31H34/c1-22-4-10-26(11-5-22)29-16-25-17-30(19-29,27-12-6-23(2)7-13-27)21-31(18-25,20-29)28-14-8-24(3)9-15-28/h4-15,25H,16-21H2,1-3H3. The summed E-state index contributed by atoms with van der Waals surface area (Å²) in [7, 11) is 0. The molecule has 4 aliphatic rings. The van der Waals surface area contributed by atoms with Gasteiger partial charge < -0.3 is 0 Å². The Kier molecular flexibility index (Phi) is 4.11. The van der Waals surface area contributed by atoms with Gasteiger partial charge in [-0.15, -0.1) is 0 Å². The highest BCUT2D eigenvalue weighted by atomic mass is 14.7. The maximum absolute atomic E-state index is 2.45. The summed E-state index contributed by atoms with van der Waals surface area (Å²) in [6.07, 6.45) is 8.06. The fraction of sp³-hybridized carbons (Fsp3) is 0.419. The quantitative estimate of drug-likeness (QED) is 0.417. The Hall–Kier alpha value is -2.34. The second-order valence-electron chi connectivity index (χ2n) is 11.4. The largest absolute Gasteiger partial charge is 0.0590 e. The third kappa shape index (κ3) is 2.94. The molecule has 0 heterocycles. The highest BCUT2D eigenvalue weighted by molar-refractivity contribution is 5.45. The van der Waals surface area contributed by atoms with Gasteiger partial charge in [-0.05, 0) is 98.1 Å². The van der Waals surface area contributed by atoms with Crippen LogP contribution in [-0.2, 0) is 16.2 Å². The van der Waals surface area contributed by atoms with Gasteiger partial charge in [-0.25, -0.2) is 0 Å². The molecular formula is C31H34. The lowest BCUT2D eigenvalue weighted by Gasteiger charge is -2.67. The van der Waals surface area contributed by atoms with Crippen molar-refractivity contribution in [1.82, 2.24) is 0 Å². The minimum Gasteiger partial charge on any atom is -0.0590 e. The van der Waals surface area contributed by atoms with Crippen LogP contribution in [0.15, 0.2) is 72.8 Å². The van der Waals surface area contributed by atoms with Gasteiger partial charge in [0.05, 0.1) is 0 Å². The normalized spacial score (nSPS) is 33.6. The summed E-state index contributed by atoms with van der Waals surface area (Å²) < 4.78 is 0. The van der Waals surface area contributed by atoms with E-state index < -0.39 is 0 Å². The summed E-state index contributed by atoms with van der Waals surface area (Å²) in [6.45, 7) is 6.64. The molecule has 0 N–H and O–H groups in total. The van der Waals surface area contributed by atoms with Crippen molar-refractivity contribution in [3.05, 3.63) is 106 Å². The average molecular weight is 407 g/mol. The van der Waals surface area contributed by atoms with Gasteiger partial charge in [0, 0.05) is 0 Å². The molecule has 0 aliphatic heterocycles. The van der Waals surface area contributed by atoms with Crippen molar-refractivity contribution in [1.29, 1.82) is 0 Å². The summed E-state index contributed by atoms with van der Waals surface area (Å²) >= 11 is 0. The smallest absolute Gasteiger partial charge is 0.00274 e. The molecule has 4 bridgehead atoms. The molecule has 0 amide bonds. The van der Waals surface area contributed by atoms with Gasteiger partial charge in [0.2, 0.25) is 0 Å². The zero-order valence-corrected chi connectivity index (χ0v) is 19.2. The van der Waals surface area contributed by atoms with Gasteiger partial charge in [-0.1, -0.05) is 89.5 Å². The molecule has 4 aliphatic carbocycles. The van der Waals surface area contributed by atoms with Gasteiger partial charge in [-0.2, -0.15) is 0 Å². The van der Waals surface area contributed by atoms with E-state index in [1.807, 2.05) is 0 Å². The zero-order chi connectivity index (χ0) is 21.3. The number of hydrogen-bond donors (Lipinski definition) is 0. The topological polar surface area (TPSA) is 0 Å². The van der Waals surface area contributed by atoms with E-state index in [-0.39, 0.29) is 0 Å². The SMILES string of the molecule is Cc1ccc(C23CC4CC(c5ccc(C)cc5)(C2)CC(c2ccc(C)cc2)(C4)C3)cc1. The molecule has 3 aromatic rings. The second-order valence-corrected chi connectivity index (χ2v) is 11.4. The first-order chi connectivity index (χ1) is 14.9. The lowest BCUT2D eigenvalue weighted by atomic mass is 9.36. The molecule has 158 valence electrons. The van der Waals surface area contributed by atoms with Crippen molar-refractivity contribution >= 4 is 0 Å². The van der Waals surface area contributed by atoms with Crippen LogP contribution in [0.25, 0.3) is 0 Å². The van der Waals surface area contributed by atoms with Crippen molar-refractivity contribution in [2.45, 2.75) is 75.5 Å². The molecule has 4 fully saturated rings. The summed E-state index contributed by atoms with van der Waals surface area (Å²) in [5.74, 6) is 0.820. The molecule has 0 saturated heterocycles. The lowest BCUT2D eigenvalue weighted by molar-refractivity contribution is -0.0493. The van der Waals surface area contributed by atoms with Crippen LogP contribution in [0, 0.1) is 26.7 Å². The number of hydrogen-bond acceptors (Lipinski definition) is 0. The van der Waals surface area contributed by atoms with Gasteiger partial charge in [0.25, 0.3) is 0 Å². The first kappa shape index (κ1) is 19.4. The van der Waals surface area contributed by atoms with E-state index in [1.165, 1.54) is 55.2 Å². The van der Waals surface area contributed by atoms with E-state index in [4.69, 9.17) is 0 Å². The number of aryl methyl sites for hydroxylation is 3. The average Bonchev–Trinajstić information content (AvgIpc) is 2.74. The molecule has 7 rings (SSSR count). The highest BCUT2D eigenvalue weighted by Crippen LogP contribution is 2.70. The number of rotatable bonds is 3. The molecule has 4 saturated carbocycles. The van der Waals surface area contributed by atoms with E-state index >= 15 is 0 Å². The van der Waals surface area contributed by atoms with E-state index in [1.54, 1.807) is 16.7 Å². The summed E-state index contributed by atoms with van der Waals surface area (Å²) in [4.78, 5) is 0. The summed E-state index contributed by atoms with van der Waals surface area (Å²) in [6, 6.07) is 28.7. The Labute approximate surface area is 187 Å². The summed E-state index contributed by atoms with van der Waals surface area (Å²) in [5, 5.41) is 0. The maximum Gasteiger partial charge on any atom is -0.00274 e. The van der Waals surface area contributed by atoms with Crippen LogP contribution >= 0.6 is 0 Å². The fourth-order valence-corrected chi connectivity index (χ4v) is 8.13. The van der Waals surface area contributed by atoms with Crippen LogP contribution in [0.2, 0.25) is 0 Å². The number of benzene rings is 3. The minimum atomic E-state index is 0.308. The van der Waals surface area contributed by atoms with Gasteiger partial charge in [-0.3, -0.25) is 0 Å². The molecule has 0 spiro atoms. The third-order valence-electron chi connectivity index (χ3n) is 9.06. The lowest BCUT2D eigenvalue weighted by Crippen LogP contribution is -2.61. The van der Waals surface area contributed by atoms with E-state index in [2.05, 4.69) is 93.6 Å². The van der Waals surface area contributed by atoms with E-state index in [9.17, 15) is 0 Å². The van der Waals surface area contributed by atoms with Gasteiger partial charge in [0.15, 0.2) is 0 Å². The third-order valence-corrected chi connectivity index (χ3v) is 9.06. The highest BCUT2D eigenvalue weighted by Gasteiger charge is 2.64. The van der Waals surface area contributed by atoms with Gasteiger partial charge >= 0.3 is 0 Å². The van der Waals surface area contributed by atoms with Crippen molar-refractivity contribution in [3.8, 4) is 0 Å². The second kappa shape index (κ2) is 6.58. The van der Waals surface area contributed by atoms with Crippen molar-refractivity contribution < 1.29 is 0 Å². The molecule has 0 radical (unpaired) electrons. The van der Waals surface area contributed by atoms with Crippen LogP contribution < -0.4 is 0 Å². The molecule has 3 aromatic carbocycles. The van der Waals surface area contributed by atoms with Crippen LogP contribution in [0.5, 0.6) is 0 Å². The Morgan fingerprint density at radius 1 is 0.452 bits per heavy atom. The Morgan fingerprint density at radius 3 is 0.968 bits per heavy atom. The molecular weight excluding hydrogens is 372 g/mol. The van der Waals surface area contributed by atoms with Crippen LogP contribution in [-0.4, -0.2) is 0 Å². The van der Waals surface area contributed by atoms with Crippen LogP contribution in [0.4, 0.5) is 0 Å². The first-order valence-corrected chi connectivity index (χ1v) is 12.1. The van der Waals surface area contributed by atoms with Gasteiger partial charge in [0.1, 0.15) is 0 Å². The van der Waals surface area contributed by atoms with E-state index in [0.717, 1.165) is 5.92 Å². The molecule has 0 atom stereocenters. The zero-order valence-electron chi connectivity index (χ0n) is 19.2. The van der Waals surface area contributed by atoms with Crippen molar-refractivity contribution in [2.24, 2.45) is 5.92 Å².